The van der Waals surface area contributed by atoms with Crippen molar-refractivity contribution in [2.75, 3.05) is 13.1 Å². The van der Waals surface area contributed by atoms with E-state index >= 15 is 0 Å². The topological polar surface area (TPSA) is 64.3 Å². The zero-order chi connectivity index (χ0) is 14.4. The van der Waals surface area contributed by atoms with Gasteiger partial charge >= 0.3 is 0 Å². The van der Waals surface area contributed by atoms with Gasteiger partial charge in [0.1, 0.15) is 5.75 Å². The second-order valence-corrected chi connectivity index (χ2v) is 5.00. The molecule has 0 bridgehead atoms. The zero-order valence-electron chi connectivity index (χ0n) is 11.7. The standard InChI is InChI=1S/C15H20N2O2/c1-11(2)10-17(9-5-8-16)15(19)13-6-4-7-14(18)12(13)3/h4,6-7,11,18H,5,9-10H2,1-3H3. The van der Waals surface area contributed by atoms with Crippen molar-refractivity contribution in [3.05, 3.63) is 29.3 Å². The van der Waals surface area contributed by atoms with Gasteiger partial charge in [0, 0.05) is 24.2 Å². The summed E-state index contributed by atoms with van der Waals surface area (Å²) in [4.78, 5) is 14.1. The highest BCUT2D eigenvalue weighted by atomic mass is 16.3. The number of nitriles is 1. The van der Waals surface area contributed by atoms with Crippen molar-refractivity contribution in [3.8, 4) is 11.8 Å². The molecule has 0 spiro atoms. The molecule has 4 heteroatoms. The summed E-state index contributed by atoms with van der Waals surface area (Å²) in [5.74, 6) is 0.327. The Labute approximate surface area is 114 Å². The van der Waals surface area contributed by atoms with Crippen LogP contribution in [0.2, 0.25) is 0 Å². The van der Waals surface area contributed by atoms with Crippen LogP contribution in [0.15, 0.2) is 18.2 Å². The smallest absolute Gasteiger partial charge is 0.254 e. The van der Waals surface area contributed by atoms with Gasteiger partial charge in [0.25, 0.3) is 5.91 Å². The first-order chi connectivity index (χ1) is 8.97. The average Bonchev–Trinajstić information content (AvgIpc) is 2.36. The van der Waals surface area contributed by atoms with Crippen LogP contribution >= 0.6 is 0 Å². The maximum Gasteiger partial charge on any atom is 0.254 e. The molecule has 1 rings (SSSR count). The Morgan fingerprint density at radius 2 is 2.16 bits per heavy atom. The van der Waals surface area contributed by atoms with E-state index in [1.165, 1.54) is 0 Å². The molecular formula is C15H20N2O2. The molecule has 102 valence electrons. The van der Waals surface area contributed by atoms with Crippen LogP contribution in [0.4, 0.5) is 0 Å². The number of hydrogen-bond donors (Lipinski definition) is 1. The number of hydrogen-bond acceptors (Lipinski definition) is 3. The minimum Gasteiger partial charge on any atom is -0.508 e. The van der Waals surface area contributed by atoms with Crippen molar-refractivity contribution in [1.29, 1.82) is 5.26 Å². The van der Waals surface area contributed by atoms with Crippen molar-refractivity contribution in [1.82, 2.24) is 4.90 Å². The highest BCUT2D eigenvalue weighted by Crippen LogP contribution is 2.21. The third-order valence-electron chi connectivity index (χ3n) is 2.90. The monoisotopic (exact) mass is 260 g/mol. The highest BCUT2D eigenvalue weighted by Gasteiger charge is 2.19. The number of phenols is 1. The molecule has 0 unspecified atom stereocenters. The Morgan fingerprint density at radius 3 is 2.74 bits per heavy atom. The maximum absolute atomic E-state index is 12.5. The number of carbonyl (C=O) groups excluding carboxylic acids is 1. The van der Waals surface area contributed by atoms with Gasteiger partial charge in [-0.05, 0) is 25.0 Å². The summed E-state index contributed by atoms with van der Waals surface area (Å²) in [5.41, 5.74) is 1.08. The molecule has 1 N–H and O–H groups in total. The zero-order valence-corrected chi connectivity index (χ0v) is 11.7. The van der Waals surface area contributed by atoms with Gasteiger partial charge in [0.15, 0.2) is 0 Å². The van der Waals surface area contributed by atoms with Crippen LogP contribution < -0.4 is 0 Å². The number of nitrogens with zero attached hydrogens (tertiary/aromatic N) is 2. The second-order valence-electron chi connectivity index (χ2n) is 5.00. The molecule has 0 aliphatic carbocycles. The van der Waals surface area contributed by atoms with Gasteiger partial charge in [0.2, 0.25) is 0 Å². The van der Waals surface area contributed by atoms with Gasteiger partial charge in [-0.3, -0.25) is 4.79 Å². The Hall–Kier alpha value is -2.02. The Morgan fingerprint density at radius 1 is 1.47 bits per heavy atom. The first kappa shape index (κ1) is 15.0. The van der Waals surface area contributed by atoms with Gasteiger partial charge in [-0.1, -0.05) is 19.9 Å². The number of carbonyl (C=O) groups is 1. The van der Waals surface area contributed by atoms with Crippen molar-refractivity contribution in [2.45, 2.75) is 27.2 Å². The minimum atomic E-state index is -0.127. The molecule has 1 aromatic rings. The SMILES string of the molecule is Cc1c(O)cccc1C(=O)N(CCC#N)CC(C)C. The van der Waals surface area contributed by atoms with Crippen molar-refractivity contribution in [3.63, 3.8) is 0 Å². The van der Waals surface area contributed by atoms with E-state index in [0.29, 0.717) is 36.6 Å². The van der Waals surface area contributed by atoms with E-state index in [0.717, 1.165) is 0 Å². The number of benzene rings is 1. The normalized spacial score (nSPS) is 10.3. The molecular weight excluding hydrogens is 240 g/mol. The lowest BCUT2D eigenvalue weighted by Crippen LogP contribution is -2.35. The summed E-state index contributed by atoms with van der Waals surface area (Å²) < 4.78 is 0. The fourth-order valence-electron chi connectivity index (χ4n) is 1.93. The quantitative estimate of drug-likeness (QED) is 0.885. The molecule has 1 amide bonds. The van der Waals surface area contributed by atoms with E-state index in [-0.39, 0.29) is 11.7 Å². The van der Waals surface area contributed by atoms with Gasteiger partial charge in [0.05, 0.1) is 12.5 Å². The first-order valence-corrected chi connectivity index (χ1v) is 6.42. The average molecular weight is 260 g/mol. The van der Waals surface area contributed by atoms with E-state index in [9.17, 15) is 9.90 Å². The van der Waals surface area contributed by atoms with Crippen LogP contribution in [0.1, 0.15) is 36.2 Å². The number of rotatable bonds is 5. The molecule has 0 aromatic heterocycles. The van der Waals surface area contributed by atoms with Crippen LogP contribution in [0.5, 0.6) is 5.75 Å². The Bertz CT molecular complexity index is 489. The van der Waals surface area contributed by atoms with Crippen molar-refractivity contribution in [2.24, 2.45) is 5.92 Å². The molecule has 0 atom stereocenters. The second kappa shape index (κ2) is 6.79. The van der Waals surface area contributed by atoms with Crippen LogP contribution in [0, 0.1) is 24.2 Å². The van der Waals surface area contributed by atoms with E-state index in [1.807, 2.05) is 13.8 Å². The van der Waals surface area contributed by atoms with Crippen LogP contribution in [-0.4, -0.2) is 29.0 Å². The van der Waals surface area contributed by atoms with E-state index in [4.69, 9.17) is 5.26 Å². The number of amides is 1. The largest absolute Gasteiger partial charge is 0.508 e. The van der Waals surface area contributed by atoms with Crippen molar-refractivity contribution < 1.29 is 9.90 Å². The number of aromatic hydroxyl groups is 1. The highest BCUT2D eigenvalue weighted by molar-refractivity contribution is 5.96. The van der Waals surface area contributed by atoms with Crippen LogP contribution in [0.3, 0.4) is 0 Å². The van der Waals surface area contributed by atoms with Crippen LogP contribution in [0.25, 0.3) is 0 Å². The van der Waals surface area contributed by atoms with Gasteiger partial charge in [-0.25, -0.2) is 0 Å². The molecule has 0 aliphatic heterocycles. The van der Waals surface area contributed by atoms with Gasteiger partial charge in [-0.2, -0.15) is 5.26 Å². The fourth-order valence-corrected chi connectivity index (χ4v) is 1.93. The lowest BCUT2D eigenvalue weighted by molar-refractivity contribution is 0.0738. The lowest BCUT2D eigenvalue weighted by atomic mass is 10.1. The number of phenolic OH excluding ortho intramolecular Hbond substituents is 1. The summed E-state index contributed by atoms with van der Waals surface area (Å²) in [6.07, 6.45) is 0.316. The lowest BCUT2D eigenvalue weighted by Gasteiger charge is -2.24. The molecule has 0 radical (unpaired) electrons. The molecule has 0 fully saturated rings. The molecule has 0 heterocycles. The molecule has 19 heavy (non-hydrogen) atoms. The molecule has 0 saturated heterocycles. The molecule has 1 aromatic carbocycles. The maximum atomic E-state index is 12.5. The fraction of sp³-hybridized carbons (Fsp3) is 0.467. The summed E-state index contributed by atoms with van der Waals surface area (Å²) >= 11 is 0. The molecule has 0 aliphatic rings. The van der Waals surface area contributed by atoms with E-state index in [1.54, 1.807) is 30.0 Å². The Kier molecular flexibility index (Phi) is 5.37. The summed E-state index contributed by atoms with van der Waals surface area (Å²) in [7, 11) is 0. The third-order valence-corrected chi connectivity index (χ3v) is 2.90. The minimum absolute atomic E-state index is 0.121. The van der Waals surface area contributed by atoms with Crippen molar-refractivity contribution >= 4 is 5.91 Å². The predicted molar refractivity (Wildman–Crippen MR) is 73.8 cm³/mol. The predicted octanol–water partition coefficient (Wildman–Crippen LogP) is 2.71. The molecule has 0 saturated carbocycles. The molecule has 4 nitrogen and oxygen atoms in total. The summed E-state index contributed by atoms with van der Waals surface area (Å²) in [6, 6.07) is 6.99. The summed E-state index contributed by atoms with van der Waals surface area (Å²) in [6.45, 7) is 6.81. The third kappa shape index (κ3) is 3.99. The van der Waals surface area contributed by atoms with Gasteiger partial charge < -0.3 is 10.0 Å². The first-order valence-electron chi connectivity index (χ1n) is 6.42. The van der Waals surface area contributed by atoms with E-state index < -0.39 is 0 Å². The van der Waals surface area contributed by atoms with Gasteiger partial charge in [-0.15, -0.1) is 0 Å². The van der Waals surface area contributed by atoms with Crippen LogP contribution in [-0.2, 0) is 0 Å². The Balaban J connectivity index is 2.98. The summed E-state index contributed by atoms with van der Waals surface area (Å²) in [5, 5.41) is 18.3. The van der Waals surface area contributed by atoms with E-state index in [2.05, 4.69) is 6.07 Å².